The second-order valence-corrected chi connectivity index (χ2v) is 10.6. The third kappa shape index (κ3) is 5.76. The van der Waals surface area contributed by atoms with Gasteiger partial charge in [-0.15, -0.1) is 0 Å². The normalized spacial score (nSPS) is 21.0. The quantitative estimate of drug-likeness (QED) is 0.357. The van der Waals surface area contributed by atoms with E-state index >= 15 is 0 Å². The predicted octanol–water partition coefficient (Wildman–Crippen LogP) is 6.06. The van der Waals surface area contributed by atoms with E-state index in [2.05, 4.69) is 16.8 Å². The number of rotatable bonds is 6. The molecule has 3 heterocycles. The predicted molar refractivity (Wildman–Crippen MR) is 149 cm³/mol. The number of carbonyl (C=O) groups excluding carboxylic acids is 1. The number of amidine groups is 1. The number of carbonyl (C=O) groups is 1. The van der Waals surface area contributed by atoms with E-state index in [4.69, 9.17) is 26.2 Å². The number of benzene rings is 2. The minimum atomic E-state index is -0.244. The molecule has 0 bridgehead atoms. The number of morpholine rings is 1. The molecular formula is C28H29ClN4O3S. The van der Waals surface area contributed by atoms with Crippen molar-refractivity contribution in [3.05, 3.63) is 70.2 Å². The molecule has 0 N–H and O–H groups in total. The zero-order valence-electron chi connectivity index (χ0n) is 21.1. The molecule has 7 nitrogen and oxygen atoms in total. The summed E-state index contributed by atoms with van der Waals surface area (Å²) in [6, 6.07) is 15.5. The molecule has 37 heavy (non-hydrogen) atoms. The van der Waals surface area contributed by atoms with Crippen LogP contribution in [0.5, 0.6) is 5.75 Å². The maximum absolute atomic E-state index is 12.9. The molecule has 0 spiro atoms. The number of ether oxygens (including phenoxy) is 2. The lowest BCUT2D eigenvalue weighted by molar-refractivity contribution is -0.113. The Morgan fingerprint density at radius 3 is 2.62 bits per heavy atom. The summed E-state index contributed by atoms with van der Waals surface area (Å²) >= 11 is 7.94. The van der Waals surface area contributed by atoms with Gasteiger partial charge in [-0.1, -0.05) is 36.7 Å². The van der Waals surface area contributed by atoms with Crippen molar-refractivity contribution in [1.82, 2.24) is 14.7 Å². The van der Waals surface area contributed by atoms with Crippen LogP contribution in [0.2, 0.25) is 5.02 Å². The van der Waals surface area contributed by atoms with Gasteiger partial charge in [-0.3, -0.25) is 4.79 Å². The molecule has 192 valence electrons. The van der Waals surface area contributed by atoms with E-state index in [-0.39, 0.29) is 18.1 Å². The van der Waals surface area contributed by atoms with Crippen LogP contribution in [-0.4, -0.2) is 57.7 Å². The SMILES string of the molecule is CCCOc1ccc(-c2nn(-c3ccccc3)cc2C=C2SC(N3CC(C)OC(C)C3)=NC2=O)cc1Cl. The maximum atomic E-state index is 12.9. The van der Waals surface area contributed by atoms with Crippen molar-refractivity contribution in [3.8, 4) is 22.7 Å². The van der Waals surface area contributed by atoms with Crippen LogP contribution >= 0.6 is 23.4 Å². The van der Waals surface area contributed by atoms with Gasteiger partial charge in [0.25, 0.3) is 5.91 Å². The van der Waals surface area contributed by atoms with Crippen LogP contribution in [0.15, 0.2) is 64.6 Å². The van der Waals surface area contributed by atoms with E-state index in [1.54, 1.807) is 0 Å². The molecule has 1 amide bonds. The lowest BCUT2D eigenvalue weighted by Gasteiger charge is -2.35. The molecule has 9 heteroatoms. The Hall–Kier alpha value is -3.07. The molecule has 3 aromatic rings. The first-order valence-electron chi connectivity index (χ1n) is 12.4. The van der Waals surface area contributed by atoms with Crippen LogP contribution in [-0.2, 0) is 9.53 Å². The zero-order valence-corrected chi connectivity index (χ0v) is 22.6. The molecule has 2 unspecified atom stereocenters. The number of nitrogens with zero attached hydrogens (tertiary/aromatic N) is 4. The minimum Gasteiger partial charge on any atom is -0.492 e. The number of hydrogen-bond acceptors (Lipinski definition) is 6. The van der Waals surface area contributed by atoms with E-state index < -0.39 is 0 Å². The fraction of sp³-hybridized carbons (Fsp3) is 0.321. The molecular weight excluding hydrogens is 508 g/mol. The molecule has 2 atom stereocenters. The second-order valence-electron chi connectivity index (χ2n) is 9.18. The number of halogens is 1. The van der Waals surface area contributed by atoms with Crippen LogP contribution in [0.1, 0.15) is 32.8 Å². The van der Waals surface area contributed by atoms with Crippen LogP contribution < -0.4 is 4.74 Å². The smallest absolute Gasteiger partial charge is 0.286 e. The van der Waals surface area contributed by atoms with E-state index in [1.165, 1.54) is 11.8 Å². The average Bonchev–Trinajstić information content (AvgIpc) is 3.47. The summed E-state index contributed by atoms with van der Waals surface area (Å²) < 4.78 is 13.4. The summed E-state index contributed by atoms with van der Waals surface area (Å²) in [7, 11) is 0. The highest BCUT2D eigenvalue weighted by Gasteiger charge is 2.31. The fourth-order valence-corrected chi connectivity index (χ4v) is 5.57. The summed E-state index contributed by atoms with van der Waals surface area (Å²) in [5.74, 6) is 0.398. The highest BCUT2D eigenvalue weighted by molar-refractivity contribution is 8.18. The second kappa shape index (κ2) is 11.1. The van der Waals surface area contributed by atoms with Gasteiger partial charge in [-0.05, 0) is 68.4 Å². The molecule has 0 aliphatic carbocycles. The maximum Gasteiger partial charge on any atom is 0.286 e. The van der Waals surface area contributed by atoms with Crippen LogP contribution in [0.3, 0.4) is 0 Å². The third-order valence-electron chi connectivity index (χ3n) is 6.02. The summed E-state index contributed by atoms with van der Waals surface area (Å²) in [6.07, 6.45) is 4.86. The molecule has 2 aliphatic rings. The van der Waals surface area contributed by atoms with Crippen molar-refractivity contribution in [3.63, 3.8) is 0 Å². The summed E-state index contributed by atoms with van der Waals surface area (Å²) in [5.41, 5.74) is 3.28. The van der Waals surface area contributed by atoms with Gasteiger partial charge in [0.05, 0.1) is 34.4 Å². The van der Waals surface area contributed by atoms with Crippen molar-refractivity contribution >= 4 is 40.5 Å². The van der Waals surface area contributed by atoms with E-state index in [0.29, 0.717) is 35.4 Å². The average molecular weight is 537 g/mol. The van der Waals surface area contributed by atoms with Crippen molar-refractivity contribution < 1.29 is 14.3 Å². The van der Waals surface area contributed by atoms with Crippen molar-refractivity contribution in [2.45, 2.75) is 39.4 Å². The molecule has 0 radical (unpaired) electrons. The number of hydrogen-bond donors (Lipinski definition) is 0. The molecule has 1 fully saturated rings. The van der Waals surface area contributed by atoms with Gasteiger partial charge >= 0.3 is 0 Å². The number of thioether (sulfide) groups is 1. The Bertz CT molecular complexity index is 1340. The van der Waals surface area contributed by atoms with E-state index in [1.807, 2.05) is 79.3 Å². The molecule has 5 rings (SSSR count). The van der Waals surface area contributed by atoms with Gasteiger partial charge in [0, 0.05) is 30.4 Å². The van der Waals surface area contributed by atoms with E-state index in [0.717, 1.165) is 34.1 Å². The summed E-state index contributed by atoms with van der Waals surface area (Å²) in [4.78, 5) is 20.0. The number of para-hydroxylation sites is 1. The number of aliphatic imine (C=N–C) groups is 1. The van der Waals surface area contributed by atoms with Gasteiger partial charge in [0.15, 0.2) is 5.17 Å². The third-order valence-corrected chi connectivity index (χ3v) is 7.36. The Morgan fingerprint density at radius 1 is 1.16 bits per heavy atom. The highest BCUT2D eigenvalue weighted by atomic mass is 35.5. The largest absolute Gasteiger partial charge is 0.492 e. The summed E-state index contributed by atoms with van der Waals surface area (Å²) in [6.45, 7) is 8.14. The van der Waals surface area contributed by atoms with Crippen molar-refractivity contribution in [2.75, 3.05) is 19.7 Å². The zero-order chi connectivity index (χ0) is 25.9. The van der Waals surface area contributed by atoms with Crippen molar-refractivity contribution in [2.24, 2.45) is 4.99 Å². The van der Waals surface area contributed by atoms with Gasteiger partial charge in [-0.2, -0.15) is 10.1 Å². The van der Waals surface area contributed by atoms with Gasteiger partial charge in [0.2, 0.25) is 0 Å². The fourth-order valence-electron chi connectivity index (χ4n) is 4.42. The topological polar surface area (TPSA) is 68.9 Å². The molecule has 0 saturated carbocycles. The van der Waals surface area contributed by atoms with Gasteiger partial charge in [0.1, 0.15) is 11.4 Å². The molecule has 2 aromatic carbocycles. The highest BCUT2D eigenvalue weighted by Crippen LogP contribution is 2.36. The number of amides is 1. The Morgan fingerprint density at radius 2 is 1.92 bits per heavy atom. The van der Waals surface area contributed by atoms with Crippen LogP contribution in [0.25, 0.3) is 23.0 Å². The first-order chi connectivity index (χ1) is 17.9. The minimum absolute atomic E-state index is 0.0833. The Kier molecular flexibility index (Phi) is 7.69. The monoisotopic (exact) mass is 536 g/mol. The first-order valence-corrected chi connectivity index (χ1v) is 13.6. The Balaban J connectivity index is 1.49. The van der Waals surface area contributed by atoms with Crippen LogP contribution in [0.4, 0.5) is 0 Å². The number of aromatic nitrogens is 2. The van der Waals surface area contributed by atoms with E-state index in [9.17, 15) is 4.79 Å². The summed E-state index contributed by atoms with van der Waals surface area (Å²) in [5, 5.41) is 6.11. The molecule has 1 saturated heterocycles. The first kappa shape index (κ1) is 25.6. The standard InChI is InChI=1S/C28H29ClN4O3S/c1-4-12-35-24-11-10-20(13-23(24)29)26-21(17-33(31-26)22-8-6-5-7-9-22)14-25-27(34)30-28(37-25)32-15-18(2)36-19(3)16-32/h5-11,13-14,17-19H,4,12,15-16H2,1-3H3. The van der Waals surface area contributed by atoms with Crippen LogP contribution in [0, 0.1) is 0 Å². The lowest BCUT2D eigenvalue weighted by Crippen LogP contribution is -2.47. The molecule has 2 aliphatic heterocycles. The van der Waals surface area contributed by atoms with Crippen molar-refractivity contribution in [1.29, 1.82) is 0 Å². The molecule has 1 aromatic heterocycles. The Labute approximate surface area is 226 Å². The van der Waals surface area contributed by atoms with Gasteiger partial charge in [-0.25, -0.2) is 4.68 Å². The van der Waals surface area contributed by atoms with Gasteiger partial charge < -0.3 is 14.4 Å². The lowest BCUT2D eigenvalue weighted by atomic mass is 10.1.